The van der Waals surface area contributed by atoms with Crippen LogP contribution in [0.15, 0.2) is 70.0 Å². The van der Waals surface area contributed by atoms with Crippen LogP contribution in [0.5, 0.6) is 5.75 Å². The van der Waals surface area contributed by atoms with Crippen LogP contribution < -0.4 is 10.2 Å². The molecule has 1 fully saturated rings. The van der Waals surface area contributed by atoms with Crippen LogP contribution in [-0.2, 0) is 11.4 Å². The van der Waals surface area contributed by atoms with E-state index in [0.29, 0.717) is 15.1 Å². The third-order valence-corrected chi connectivity index (χ3v) is 7.17. The molecule has 3 aromatic rings. The van der Waals surface area contributed by atoms with E-state index >= 15 is 0 Å². The fraction of sp³-hybridized carbons (Fsp3) is 0.0800. The van der Waals surface area contributed by atoms with Crippen molar-refractivity contribution in [2.45, 2.75) is 13.5 Å². The lowest BCUT2D eigenvalue weighted by Gasteiger charge is -2.16. The molecule has 0 atom stereocenters. The van der Waals surface area contributed by atoms with Gasteiger partial charge < -0.3 is 4.74 Å². The lowest BCUT2D eigenvalue weighted by Crippen LogP contribution is -2.44. The summed E-state index contributed by atoms with van der Waals surface area (Å²) in [6, 6.07) is 16.5. The summed E-state index contributed by atoms with van der Waals surface area (Å²) in [5.41, 5.74) is 5.26. The van der Waals surface area contributed by atoms with E-state index in [-0.39, 0.29) is 27.3 Å². The molecular weight excluding hydrogens is 575 g/mol. The van der Waals surface area contributed by atoms with Gasteiger partial charge in [0.1, 0.15) is 18.2 Å². The van der Waals surface area contributed by atoms with E-state index in [0.717, 1.165) is 33.5 Å². The van der Waals surface area contributed by atoms with Crippen molar-refractivity contribution in [2.75, 3.05) is 0 Å². The first-order chi connectivity index (χ1) is 16.7. The molecular formula is C25H17BrClFN2O3S2. The van der Waals surface area contributed by atoms with Gasteiger partial charge in [-0.25, -0.2) is 4.39 Å². The molecule has 0 spiro atoms. The van der Waals surface area contributed by atoms with Crippen LogP contribution >= 0.6 is 51.5 Å². The minimum absolute atomic E-state index is 0.205. The minimum atomic E-state index is -0.530. The maximum Gasteiger partial charge on any atom is 0.285 e. The van der Waals surface area contributed by atoms with Gasteiger partial charge >= 0.3 is 0 Å². The van der Waals surface area contributed by atoms with Crippen molar-refractivity contribution in [1.29, 1.82) is 0 Å². The van der Waals surface area contributed by atoms with Crippen molar-refractivity contribution in [1.82, 2.24) is 10.4 Å². The first-order valence-electron chi connectivity index (χ1n) is 10.2. The Morgan fingerprint density at radius 2 is 1.94 bits per heavy atom. The molecule has 0 aromatic heterocycles. The van der Waals surface area contributed by atoms with Crippen LogP contribution in [0.2, 0.25) is 5.02 Å². The Balaban J connectivity index is 1.44. The van der Waals surface area contributed by atoms with Gasteiger partial charge in [-0.1, -0.05) is 47.6 Å². The number of carbonyl (C=O) groups excluding carboxylic acids is 2. The van der Waals surface area contributed by atoms with Gasteiger partial charge in [0.15, 0.2) is 4.32 Å². The van der Waals surface area contributed by atoms with E-state index in [1.54, 1.807) is 54.6 Å². The number of hydrazine groups is 1. The molecule has 1 aliphatic rings. The van der Waals surface area contributed by atoms with Gasteiger partial charge in [-0.05, 0) is 94.2 Å². The number of hydrogen-bond donors (Lipinski definition) is 1. The summed E-state index contributed by atoms with van der Waals surface area (Å²) >= 11 is 16.0. The number of thioether (sulfide) groups is 1. The average molecular weight is 592 g/mol. The summed E-state index contributed by atoms with van der Waals surface area (Å²) in [7, 11) is 0. The average Bonchev–Trinajstić information content (AvgIpc) is 3.07. The second-order valence-electron chi connectivity index (χ2n) is 7.55. The predicted molar refractivity (Wildman–Crippen MR) is 144 cm³/mol. The molecule has 1 heterocycles. The van der Waals surface area contributed by atoms with E-state index in [1.807, 2.05) is 6.92 Å². The van der Waals surface area contributed by atoms with Crippen LogP contribution in [-0.4, -0.2) is 21.1 Å². The molecule has 3 aromatic carbocycles. The van der Waals surface area contributed by atoms with Crippen molar-refractivity contribution >= 4 is 73.7 Å². The highest BCUT2D eigenvalue weighted by Gasteiger charge is 2.34. The third kappa shape index (κ3) is 6.10. The Kier molecular flexibility index (Phi) is 7.91. The molecule has 4 rings (SSSR count). The second-order valence-corrected chi connectivity index (χ2v) is 10.5. The predicted octanol–water partition coefficient (Wildman–Crippen LogP) is 6.68. The highest BCUT2D eigenvalue weighted by Crippen LogP contribution is 2.34. The molecule has 178 valence electrons. The quantitative estimate of drug-likeness (QED) is 0.256. The molecule has 35 heavy (non-hydrogen) atoms. The number of halogens is 3. The van der Waals surface area contributed by atoms with Crippen molar-refractivity contribution in [3.8, 4) is 5.75 Å². The number of amides is 2. The number of hydrogen-bond acceptors (Lipinski definition) is 5. The number of aryl methyl sites for hydroxylation is 1. The second kappa shape index (κ2) is 10.9. The molecule has 10 heteroatoms. The van der Waals surface area contributed by atoms with Crippen molar-refractivity contribution in [3.63, 3.8) is 0 Å². The number of carbonyl (C=O) groups is 2. The summed E-state index contributed by atoms with van der Waals surface area (Å²) in [4.78, 5) is 25.9. The molecule has 0 radical (unpaired) electrons. The minimum Gasteiger partial charge on any atom is -0.488 e. The van der Waals surface area contributed by atoms with E-state index in [4.69, 9.17) is 28.6 Å². The highest BCUT2D eigenvalue weighted by molar-refractivity contribution is 9.10. The summed E-state index contributed by atoms with van der Waals surface area (Å²) in [6.45, 7) is 2.14. The van der Waals surface area contributed by atoms with Crippen LogP contribution in [0, 0.1) is 12.7 Å². The zero-order valence-corrected chi connectivity index (χ0v) is 22.2. The fourth-order valence-corrected chi connectivity index (χ4v) is 5.16. The number of thiocarbonyl (C=S) groups is 1. The Morgan fingerprint density at radius 3 is 2.63 bits per heavy atom. The molecule has 0 bridgehead atoms. The maximum absolute atomic E-state index is 13.1. The number of ether oxygens (including phenoxy) is 1. The Hall–Kier alpha value is -2.72. The van der Waals surface area contributed by atoms with Crippen LogP contribution in [0.1, 0.15) is 27.0 Å². The zero-order chi connectivity index (χ0) is 25.1. The number of rotatable bonds is 6. The van der Waals surface area contributed by atoms with E-state index < -0.39 is 11.8 Å². The zero-order valence-electron chi connectivity index (χ0n) is 18.2. The molecule has 5 nitrogen and oxygen atoms in total. The Bertz CT molecular complexity index is 1370. The Morgan fingerprint density at radius 1 is 1.20 bits per heavy atom. The highest BCUT2D eigenvalue weighted by atomic mass is 79.9. The van der Waals surface area contributed by atoms with Gasteiger partial charge in [-0.2, -0.15) is 5.01 Å². The molecule has 0 unspecified atom stereocenters. The normalized spacial score (nSPS) is 14.5. The lowest BCUT2D eigenvalue weighted by atomic mass is 10.1. The van der Waals surface area contributed by atoms with Gasteiger partial charge in [0.05, 0.1) is 20.0 Å². The summed E-state index contributed by atoms with van der Waals surface area (Å²) < 4.78 is 19.7. The van der Waals surface area contributed by atoms with E-state index in [9.17, 15) is 14.0 Å². The number of nitrogens with one attached hydrogen (secondary N) is 1. The number of benzene rings is 3. The monoisotopic (exact) mass is 590 g/mol. The van der Waals surface area contributed by atoms with Crippen LogP contribution in [0.25, 0.3) is 6.08 Å². The molecule has 1 N–H and O–H groups in total. The molecule has 1 aliphatic heterocycles. The first-order valence-corrected chi connectivity index (χ1v) is 12.6. The van der Waals surface area contributed by atoms with Gasteiger partial charge in [0.25, 0.3) is 11.8 Å². The summed E-state index contributed by atoms with van der Waals surface area (Å²) in [6.07, 6.45) is 1.68. The van der Waals surface area contributed by atoms with Crippen molar-refractivity contribution in [3.05, 3.63) is 103 Å². The van der Waals surface area contributed by atoms with Gasteiger partial charge in [-0.3, -0.25) is 15.0 Å². The van der Waals surface area contributed by atoms with Crippen molar-refractivity contribution in [2.24, 2.45) is 0 Å². The van der Waals surface area contributed by atoms with Crippen LogP contribution in [0.3, 0.4) is 0 Å². The van der Waals surface area contributed by atoms with Gasteiger partial charge in [0, 0.05) is 0 Å². The third-order valence-electron chi connectivity index (χ3n) is 4.94. The standard InChI is InChI=1S/C25H17BrClFN2O3S2/c1-14-2-8-18(20(27)10-14)23(31)29-30-24(32)22(35-25(30)34)12-16-5-9-21(19(26)11-16)33-13-15-3-6-17(28)7-4-15/h2-12H,13H2,1H3,(H,29,31)/b22-12-. The molecule has 0 aliphatic carbocycles. The molecule has 2 amide bonds. The largest absolute Gasteiger partial charge is 0.488 e. The lowest BCUT2D eigenvalue weighted by molar-refractivity contribution is -0.123. The Labute approximate surface area is 224 Å². The van der Waals surface area contributed by atoms with Crippen LogP contribution in [0.4, 0.5) is 4.39 Å². The fourth-order valence-electron chi connectivity index (χ4n) is 3.15. The van der Waals surface area contributed by atoms with Gasteiger partial charge in [0.2, 0.25) is 0 Å². The SMILES string of the molecule is Cc1ccc(C(=O)NN2C(=O)/C(=C/c3ccc(OCc4ccc(F)cc4)c(Br)c3)SC2=S)c(Cl)c1. The van der Waals surface area contributed by atoms with E-state index in [2.05, 4.69) is 21.4 Å². The maximum atomic E-state index is 13.1. The van der Waals surface area contributed by atoms with Crippen molar-refractivity contribution < 1.29 is 18.7 Å². The summed E-state index contributed by atoms with van der Waals surface area (Å²) in [5, 5.41) is 1.33. The topological polar surface area (TPSA) is 58.6 Å². The smallest absolute Gasteiger partial charge is 0.285 e. The van der Waals surface area contributed by atoms with E-state index in [1.165, 1.54) is 12.1 Å². The number of nitrogens with zero attached hydrogens (tertiary/aromatic N) is 1. The first kappa shape index (κ1) is 25.4. The van der Waals surface area contributed by atoms with Gasteiger partial charge in [-0.15, -0.1) is 0 Å². The molecule has 0 saturated carbocycles. The summed E-state index contributed by atoms with van der Waals surface area (Å²) in [5.74, 6) is -0.674. The molecule has 1 saturated heterocycles.